The van der Waals surface area contributed by atoms with E-state index in [-0.39, 0.29) is 0 Å². The van der Waals surface area contributed by atoms with E-state index in [1.54, 1.807) is 0 Å². The van der Waals surface area contributed by atoms with Crippen molar-refractivity contribution in [3.63, 3.8) is 0 Å². The highest BCUT2D eigenvalue weighted by molar-refractivity contribution is 5.92. The van der Waals surface area contributed by atoms with Crippen LogP contribution in [-0.2, 0) is 6.42 Å². The molecule has 2 aromatic rings. The van der Waals surface area contributed by atoms with Gasteiger partial charge in [0.2, 0.25) is 0 Å². The predicted molar refractivity (Wildman–Crippen MR) is 112 cm³/mol. The third-order valence-electron chi connectivity index (χ3n) is 5.85. The van der Waals surface area contributed by atoms with Gasteiger partial charge < -0.3 is 4.57 Å². The molecule has 1 aromatic carbocycles. The Hall–Kier alpha value is -2.54. The fraction of sp³-hybridized carbons (Fsp3) is 0.280. The molecule has 0 bridgehead atoms. The molecule has 0 aliphatic heterocycles. The van der Waals surface area contributed by atoms with E-state index >= 15 is 0 Å². The second-order valence-corrected chi connectivity index (χ2v) is 7.52. The van der Waals surface area contributed by atoms with E-state index in [1.807, 2.05) is 0 Å². The Kier molecular flexibility index (Phi) is 4.01. The van der Waals surface area contributed by atoms with Gasteiger partial charge in [-0.2, -0.15) is 0 Å². The van der Waals surface area contributed by atoms with Crippen LogP contribution in [0.5, 0.6) is 0 Å². The van der Waals surface area contributed by atoms with Gasteiger partial charge in [-0.25, -0.2) is 0 Å². The standard InChI is InChI=1S/C25H25N/c1-2-5-11-19(10-4-1)20-16-17-25-23(18-20)22-14-8-9-15-24(22)26(25)21-12-6-3-7-13-21/h3-4,6-7,9-12,15-18,21H,1-2,5,8,13-14H2. The van der Waals surface area contributed by atoms with E-state index in [4.69, 9.17) is 0 Å². The molecule has 0 saturated heterocycles. The minimum Gasteiger partial charge on any atom is -0.333 e. The molecule has 0 N–H and O–H groups in total. The van der Waals surface area contributed by atoms with Gasteiger partial charge in [-0.1, -0.05) is 54.7 Å². The molecule has 1 atom stereocenters. The predicted octanol–water partition coefficient (Wildman–Crippen LogP) is 6.78. The molecule has 0 saturated carbocycles. The van der Waals surface area contributed by atoms with Crippen molar-refractivity contribution in [1.29, 1.82) is 0 Å². The fourth-order valence-electron chi connectivity index (χ4n) is 4.55. The third-order valence-corrected chi connectivity index (χ3v) is 5.85. The summed E-state index contributed by atoms with van der Waals surface area (Å²) >= 11 is 0. The number of aromatic nitrogens is 1. The van der Waals surface area contributed by atoms with Crippen molar-refractivity contribution >= 4 is 22.6 Å². The second-order valence-electron chi connectivity index (χ2n) is 7.52. The highest BCUT2D eigenvalue weighted by Crippen LogP contribution is 2.37. The highest BCUT2D eigenvalue weighted by atomic mass is 15.0. The van der Waals surface area contributed by atoms with Crippen LogP contribution in [0.2, 0.25) is 0 Å². The average Bonchev–Trinajstić information content (AvgIpc) is 2.84. The monoisotopic (exact) mass is 339 g/mol. The van der Waals surface area contributed by atoms with Crippen LogP contribution in [0.25, 0.3) is 22.6 Å². The summed E-state index contributed by atoms with van der Waals surface area (Å²) in [6, 6.07) is 7.53. The zero-order chi connectivity index (χ0) is 17.3. The van der Waals surface area contributed by atoms with Crippen LogP contribution in [0.4, 0.5) is 0 Å². The number of aryl methyl sites for hydroxylation is 1. The van der Waals surface area contributed by atoms with Gasteiger partial charge in [0.1, 0.15) is 0 Å². The number of benzene rings is 1. The van der Waals surface area contributed by atoms with Crippen LogP contribution in [-0.4, -0.2) is 4.57 Å². The quantitative estimate of drug-likeness (QED) is 0.568. The van der Waals surface area contributed by atoms with Gasteiger partial charge in [0.25, 0.3) is 0 Å². The van der Waals surface area contributed by atoms with E-state index < -0.39 is 0 Å². The lowest BCUT2D eigenvalue weighted by molar-refractivity contribution is 0.621. The van der Waals surface area contributed by atoms with Gasteiger partial charge in [0.15, 0.2) is 0 Å². The number of fused-ring (bicyclic) bond motifs is 3. The van der Waals surface area contributed by atoms with E-state index in [9.17, 15) is 0 Å². The second kappa shape index (κ2) is 6.64. The summed E-state index contributed by atoms with van der Waals surface area (Å²) in [6.07, 6.45) is 27.7. The number of hydrogen-bond donors (Lipinski definition) is 0. The van der Waals surface area contributed by atoms with Gasteiger partial charge >= 0.3 is 0 Å². The summed E-state index contributed by atoms with van der Waals surface area (Å²) in [7, 11) is 0. The number of hydrogen-bond acceptors (Lipinski definition) is 0. The van der Waals surface area contributed by atoms with Crippen molar-refractivity contribution in [2.24, 2.45) is 0 Å². The van der Waals surface area contributed by atoms with Crippen LogP contribution in [0.1, 0.15) is 55.0 Å². The molecule has 1 heteroatoms. The third kappa shape index (κ3) is 2.63. The first-order valence-electron chi connectivity index (χ1n) is 9.95. The fourth-order valence-corrected chi connectivity index (χ4v) is 4.55. The van der Waals surface area contributed by atoms with Crippen molar-refractivity contribution in [1.82, 2.24) is 4.57 Å². The summed E-state index contributed by atoms with van der Waals surface area (Å²) in [6.45, 7) is 0. The van der Waals surface area contributed by atoms with Gasteiger partial charge in [-0.05, 0) is 73.4 Å². The van der Waals surface area contributed by atoms with Crippen LogP contribution in [0, 0.1) is 0 Å². The summed E-state index contributed by atoms with van der Waals surface area (Å²) in [5, 5.41) is 1.45. The molecule has 130 valence electrons. The Balaban J connectivity index is 1.69. The van der Waals surface area contributed by atoms with Crippen molar-refractivity contribution in [3.05, 3.63) is 83.6 Å². The number of nitrogens with zero attached hydrogens (tertiary/aromatic N) is 1. The topological polar surface area (TPSA) is 4.93 Å². The van der Waals surface area contributed by atoms with E-state index in [0.29, 0.717) is 6.04 Å². The minimum atomic E-state index is 0.428. The maximum absolute atomic E-state index is 2.56. The van der Waals surface area contributed by atoms with E-state index in [0.717, 1.165) is 19.3 Å². The maximum atomic E-state index is 2.56. The molecular formula is C25H25N. The van der Waals surface area contributed by atoms with Crippen molar-refractivity contribution in [3.8, 4) is 0 Å². The summed E-state index contributed by atoms with van der Waals surface area (Å²) < 4.78 is 2.56. The minimum absolute atomic E-state index is 0.428. The SMILES string of the molecule is C1=CCC(n2c3c(c4cc(C5=CCCCC=C5)ccc42)CCC=C3)C=C1. The van der Waals surface area contributed by atoms with E-state index in [1.165, 1.54) is 52.6 Å². The van der Waals surface area contributed by atoms with Crippen LogP contribution in [0.15, 0.2) is 66.8 Å². The summed E-state index contributed by atoms with van der Waals surface area (Å²) in [4.78, 5) is 0. The molecule has 0 amide bonds. The molecule has 1 heterocycles. The molecule has 1 unspecified atom stereocenters. The molecule has 1 nitrogen and oxygen atoms in total. The maximum Gasteiger partial charge on any atom is 0.0560 e. The largest absolute Gasteiger partial charge is 0.333 e. The first-order valence-corrected chi connectivity index (χ1v) is 9.95. The van der Waals surface area contributed by atoms with Gasteiger partial charge in [0, 0.05) is 16.6 Å². The molecule has 3 aliphatic carbocycles. The summed E-state index contributed by atoms with van der Waals surface area (Å²) in [5.41, 5.74) is 7.08. The van der Waals surface area contributed by atoms with Crippen LogP contribution >= 0.6 is 0 Å². The summed E-state index contributed by atoms with van der Waals surface area (Å²) in [5.74, 6) is 0. The lowest BCUT2D eigenvalue weighted by Gasteiger charge is -2.20. The Morgan fingerprint density at radius 2 is 1.88 bits per heavy atom. The first kappa shape index (κ1) is 15.7. The molecule has 26 heavy (non-hydrogen) atoms. The van der Waals surface area contributed by atoms with Crippen molar-refractivity contribution in [2.45, 2.75) is 44.6 Å². The smallest absolute Gasteiger partial charge is 0.0560 e. The van der Waals surface area contributed by atoms with Crippen molar-refractivity contribution < 1.29 is 0 Å². The molecule has 0 radical (unpaired) electrons. The number of allylic oxidation sites excluding steroid dienone is 9. The Labute approximate surface area is 155 Å². The Bertz CT molecular complexity index is 991. The average molecular weight is 339 g/mol. The lowest BCUT2D eigenvalue weighted by Crippen LogP contribution is -2.10. The molecule has 1 aromatic heterocycles. The molecule has 5 rings (SSSR count). The normalized spacial score (nSPS) is 21.7. The molecule has 3 aliphatic rings. The highest BCUT2D eigenvalue weighted by Gasteiger charge is 2.22. The first-order chi connectivity index (χ1) is 12.9. The lowest BCUT2D eigenvalue weighted by atomic mass is 9.97. The van der Waals surface area contributed by atoms with E-state index in [2.05, 4.69) is 77.5 Å². The molecular weight excluding hydrogens is 314 g/mol. The zero-order valence-corrected chi connectivity index (χ0v) is 15.2. The van der Waals surface area contributed by atoms with Crippen molar-refractivity contribution in [2.75, 3.05) is 0 Å². The van der Waals surface area contributed by atoms with Gasteiger partial charge in [-0.3, -0.25) is 0 Å². The zero-order valence-electron chi connectivity index (χ0n) is 15.2. The Morgan fingerprint density at radius 1 is 0.923 bits per heavy atom. The Morgan fingerprint density at radius 3 is 2.81 bits per heavy atom. The molecule has 0 spiro atoms. The van der Waals surface area contributed by atoms with Gasteiger partial charge in [0.05, 0.1) is 6.04 Å². The van der Waals surface area contributed by atoms with Crippen LogP contribution in [0.3, 0.4) is 0 Å². The number of rotatable bonds is 2. The molecule has 0 fully saturated rings. The van der Waals surface area contributed by atoms with Gasteiger partial charge in [-0.15, -0.1) is 0 Å². The van der Waals surface area contributed by atoms with Crippen LogP contribution < -0.4 is 0 Å².